The highest BCUT2D eigenvalue weighted by atomic mass is 79.9. The van der Waals surface area contributed by atoms with Crippen molar-refractivity contribution >= 4 is 33.3 Å². The van der Waals surface area contributed by atoms with E-state index in [9.17, 15) is 4.39 Å². The highest BCUT2D eigenvalue weighted by molar-refractivity contribution is 9.10. The molecule has 0 amide bonds. The minimum absolute atomic E-state index is 0.221. The maximum atomic E-state index is 14.5. The molecule has 0 aliphatic carbocycles. The molecular formula is C24H18BrFN4OS. The molecule has 0 unspecified atom stereocenters. The summed E-state index contributed by atoms with van der Waals surface area (Å²) in [4.78, 5) is 11.0. The Hall–Kier alpha value is -3.10. The van der Waals surface area contributed by atoms with E-state index in [-0.39, 0.29) is 17.9 Å². The van der Waals surface area contributed by atoms with Gasteiger partial charge in [0.2, 0.25) is 0 Å². The number of benzene rings is 1. The minimum atomic E-state index is -0.355. The van der Waals surface area contributed by atoms with Crippen molar-refractivity contribution in [1.29, 1.82) is 0 Å². The molecule has 5 rings (SSSR count). The summed E-state index contributed by atoms with van der Waals surface area (Å²) in [6, 6.07) is 19.6. The zero-order chi connectivity index (χ0) is 22.1. The van der Waals surface area contributed by atoms with Crippen molar-refractivity contribution in [2.75, 3.05) is 0 Å². The third-order valence-electron chi connectivity index (χ3n) is 5.37. The van der Waals surface area contributed by atoms with Crippen LogP contribution in [0.4, 0.5) is 4.39 Å². The number of hydrogen-bond donors (Lipinski definition) is 1. The molecule has 0 spiro atoms. The first-order chi connectivity index (χ1) is 15.6. The summed E-state index contributed by atoms with van der Waals surface area (Å²) in [7, 11) is 0. The molecule has 0 bridgehead atoms. The average molecular weight is 509 g/mol. The van der Waals surface area contributed by atoms with Crippen molar-refractivity contribution in [3.05, 3.63) is 107 Å². The first-order valence-electron chi connectivity index (χ1n) is 10.0. The van der Waals surface area contributed by atoms with Crippen LogP contribution in [-0.4, -0.2) is 20.0 Å². The third-order valence-corrected chi connectivity index (χ3v) is 6.22. The maximum absolute atomic E-state index is 14.5. The normalized spacial score (nSPS) is 18.1. The van der Waals surface area contributed by atoms with E-state index in [0.717, 1.165) is 11.4 Å². The topological polar surface area (TPSA) is 54.2 Å². The Morgan fingerprint density at radius 1 is 1.03 bits per heavy atom. The molecule has 5 nitrogen and oxygen atoms in total. The van der Waals surface area contributed by atoms with Crippen LogP contribution >= 0.6 is 28.1 Å². The van der Waals surface area contributed by atoms with Crippen LogP contribution in [0.5, 0.6) is 0 Å². The molecule has 32 heavy (non-hydrogen) atoms. The second kappa shape index (κ2) is 8.80. The molecule has 0 saturated carbocycles. The molecule has 1 saturated heterocycles. The molecule has 1 aliphatic rings. The lowest BCUT2D eigenvalue weighted by Gasteiger charge is -2.25. The largest absolute Gasteiger partial charge is 0.459 e. The zero-order valence-electron chi connectivity index (χ0n) is 16.8. The molecule has 1 fully saturated rings. The zero-order valence-corrected chi connectivity index (χ0v) is 19.2. The van der Waals surface area contributed by atoms with Crippen LogP contribution in [0.3, 0.4) is 0 Å². The molecule has 1 aromatic carbocycles. The SMILES string of the molecule is Fc1cc(Br)ccc1-c1ccc([C@H]2[C@H](c3ccccn3)NC(=S)N2Cc2ccccn2)o1. The standard InChI is InChI=1S/C24H18BrFN4OS/c25-15-7-8-17(18(26)13-15)20-9-10-21(31-20)23-22(19-6-2-4-12-28-19)29-24(32)30(23)14-16-5-1-3-11-27-16/h1-13,22-23H,14H2,(H,29,32)/t22-,23-/m0/s1. The number of nitrogens with one attached hydrogen (secondary N) is 1. The molecular weight excluding hydrogens is 491 g/mol. The summed E-state index contributed by atoms with van der Waals surface area (Å²) < 4.78 is 21.4. The van der Waals surface area contributed by atoms with E-state index in [1.54, 1.807) is 30.6 Å². The van der Waals surface area contributed by atoms with Gasteiger partial charge < -0.3 is 14.6 Å². The summed E-state index contributed by atoms with van der Waals surface area (Å²) in [5, 5.41) is 3.97. The van der Waals surface area contributed by atoms with Crippen LogP contribution in [-0.2, 0) is 6.54 Å². The van der Waals surface area contributed by atoms with Gasteiger partial charge in [-0.3, -0.25) is 9.97 Å². The van der Waals surface area contributed by atoms with E-state index in [2.05, 4.69) is 31.2 Å². The molecule has 4 aromatic rings. The van der Waals surface area contributed by atoms with Crippen molar-refractivity contribution in [2.45, 2.75) is 18.6 Å². The fourth-order valence-electron chi connectivity index (χ4n) is 3.90. The van der Waals surface area contributed by atoms with Crippen molar-refractivity contribution in [1.82, 2.24) is 20.2 Å². The number of rotatable bonds is 5. The van der Waals surface area contributed by atoms with Gasteiger partial charge in [-0.1, -0.05) is 28.1 Å². The molecule has 160 valence electrons. The van der Waals surface area contributed by atoms with E-state index in [4.69, 9.17) is 16.6 Å². The Kier molecular flexibility index (Phi) is 5.71. The van der Waals surface area contributed by atoms with E-state index in [1.165, 1.54) is 6.07 Å². The molecule has 0 radical (unpaired) electrons. The number of halogens is 2. The van der Waals surface area contributed by atoms with Crippen molar-refractivity contribution in [2.24, 2.45) is 0 Å². The molecule has 3 aromatic heterocycles. The highest BCUT2D eigenvalue weighted by Crippen LogP contribution is 2.41. The molecule has 1 aliphatic heterocycles. The number of thiocarbonyl (C=S) groups is 1. The second-order valence-electron chi connectivity index (χ2n) is 7.40. The lowest BCUT2D eigenvalue weighted by atomic mass is 10.0. The quantitative estimate of drug-likeness (QED) is 0.343. The lowest BCUT2D eigenvalue weighted by Crippen LogP contribution is -2.29. The Labute approximate surface area is 198 Å². The Morgan fingerprint density at radius 2 is 1.84 bits per heavy atom. The van der Waals surface area contributed by atoms with Gasteiger partial charge in [0.25, 0.3) is 0 Å². The first kappa shape index (κ1) is 20.8. The summed E-state index contributed by atoms with van der Waals surface area (Å²) >= 11 is 8.98. The van der Waals surface area contributed by atoms with Crippen LogP contribution in [0.2, 0.25) is 0 Å². The molecule has 4 heterocycles. The van der Waals surface area contributed by atoms with Crippen LogP contribution in [0.15, 0.2) is 88.0 Å². The fraction of sp³-hybridized carbons (Fsp3) is 0.125. The van der Waals surface area contributed by atoms with Gasteiger partial charge in [-0.15, -0.1) is 0 Å². The minimum Gasteiger partial charge on any atom is -0.459 e. The van der Waals surface area contributed by atoms with Gasteiger partial charge in [0.05, 0.1) is 29.5 Å². The second-order valence-corrected chi connectivity index (χ2v) is 8.70. The van der Waals surface area contributed by atoms with E-state index in [0.29, 0.717) is 33.2 Å². The number of furan rings is 1. The molecule has 8 heteroatoms. The summed E-state index contributed by atoms with van der Waals surface area (Å²) in [5.41, 5.74) is 2.13. The number of aromatic nitrogens is 2. The lowest BCUT2D eigenvalue weighted by molar-refractivity contribution is 0.267. The average Bonchev–Trinajstić information content (AvgIpc) is 3.40. The van der Waals surface area contributed by atoms with Gasteiger partial charge >= 0.3 is 0 Å². The van der Waals surface area contributed by atoms with E-state index >= 15 is 0 Å². The van der Waals surface area contributed by atoms with Crippen LogP contribution in [0.1, 0.15) is 29.2 Å². The number of pyridine rings is 2. The van der Waals surface area contributed by atoms with Gasteiger partial charge in [0.1, 0.15) is 23.4 Å². The van der Waals surface area contributed by atoms with Gasteiger partial charge in [-0.25, -0.2) is 4.39 Å². The monoisotopic (exact) mass is 508 g/mol. The van der Waals surface area contributed by atoms with Crippen molar-refractivity contribution in [3.63, 3.8) is 0 Å². The van der Waals surface area contributed by atoms with Gasteiger partial charge in [-0.05, 0) is 66.8 Å². The predicted octanol–water partition coefficient (Wildman–Crippen LogP) is 5.81. The highest BCUT2D eigenvalue weighted by Gasteiger charge is 2.41. The van der Waals surface area contributed by atoms with Gasteiger partial charge in [0.15, 0.2) is 5.11 Å². The van der Waals surface area contributed by atoms with Gasteiger partial charge in [-0.2, -0.15) is 0 Å². The fourth-order valence-corrected chi connectivity index (χ4v) is 4.54. The number of nitrogens with zero attached hydrogens (tertiary/aromatic N) is 3. The van der Waals surface area contributed by atoms with E-state index in [1.807, 2.05) is 47.4 Å². The van der Waals surface area contributed by atoms with Gasteiger partial charge in [0, 0.05) is 16.9 Å². The van der Waals surface area contributed by atoms with Crippen molar-refractivity contribution < 1.29 is 8.81 Å². The third kappa shape index (κ3) is 4.03. The summed E-state index contributed by atoms with van der Waals surface area (Å²) in [6.45, 7) is 0.503. The Balaban J connectivity index is 1.55. The van der Waals surface area contributed by atoms with Crippen LogP contribution in [0.25, 0.3) is 11.3 Å². The van der Waals surface area contributed by atoms with Crippen molar-refractivity contribution in [3.8, 4) is 11.3 Å². The smallest absolute Gasteiger partial charge is 0.170 e. The maximum Gasteiger partial charge on any atom is 0.170 e. The molecule has 1 N–H and O–H groups in total. The Bertz CT molecular complexity index is 1250. The van der Waals surface area contributed by atoms with Crippen LogP contribution in [0, 0.1) is 5.82 Å². The van der Waals surface area contributed by atoms with Crippen LogP contribution < -0.4 is 5.32 Å². The first-order valence-corrected chi connectivity index (χ1v) is 11.2. The Morgan fingerprint density at radius 3 is 2.56 bits per heavy atom. The summed E-state index contributed by atoms with van der Waals surface area (Å²) in [5.74, 6) is 0.772. The molecule has 2 atom stereocenters. The summed E-state index contributed by atoms with van der Waals surface area (Å²) in [6.07, 6.45) is 3.51. The number of hydrogen-bond acceptors (Lipinski definition) is 4. The predicted molar refractivity (Wildman–Crippen MR) is 127 cm³/mol. The van der Waals surface area contributed by atoms with E-state index < -0.39 is 0 Å².